The molecule has 1 aromatic heterocycles. The summed E-state index contributed by atoms with van der Waals surface area (Å²) in [5, 5.41) is 6.86. The van der Waals surface area contributed by atoms with Gasteiger partial charge in [0.1, 0.15) is 0 Å². The van der Waals surface area contributed by atoms with Gasteiger partial charge in [0.05, 0.1) is 5.69 Å². The fourth-order valence-corrected chi connectivity index (χ4v) is 2.80. The number of amides is 1. The molecule has 1 fully saturated rings. The van der Waals surface area contributed by atoms with E-state index in [9.17, 15) is 4.79 Å². The molecule has 0 aromatic carbocycles. The third-order valence-electron chi connectivity index (χ3n) is 3.68. The number of rotatable bonds is 4. The predicted octanol–water partition coefficient (Wildman–Crippen LogP) is 1.83. The van der Waals surface area contributed by atoms with Crippen molar-refractivity contribution in [2.24, 2.45) is 5.92 Å². The van der Waals surface area contributed by atoms with Gasteiger partial charge in [-0.3, -0.25) is 4.79 Å². The largest absolute Gasteiger partial charge is 0.351 e. The molecule has 0 spiro atoms. The van der Waals surface area contributed by atoms with Crippen molar-refractivity contribution in [3.8, 4) is 0 Å². The molecule has 1 aliphatic rings. The van der Waals surface area contributed by atoms with E-state index in [1.54, 1.807) is 6.07 Å². The molecule has 106 valence electrons. The van der Waals surface area contributed by atoms with Gasteiger partial charge in [0.25, 0.3) is 5.91 Å². The molecule has 0 bridgehead atoms. The highest BCUT2D eigenvalue weighted by molar-refractivity contribution is 5.91. The van der Waals surface area contributed by atoms with Gasteiger partial charge >= 0.3 is 0 Å². The van der Waals surface area contributed by atoms with E-state index in [0.29, 0.717) is 11.7 Å². The molecule has 0 radical (unpaired) electrons. The maximum absolute atomic E-state index is 12.1. The van der Waals surface area contributed by atoms with Crippen molar-refractivity contribution in [2.75, 3.05) is 20.6 Å². The van der Waals surface area contributed by atoms with E-state index < -0.39 is 0 Å². The summed E-state index contributed by atoms with van der Waals surface area (Å²) in [6, 6.07) is 1.92. The SMILES string of the molecule is Cc1cc(C(=O)NC2CCCCC2CN(C)C)on1. The second-order valence-corrected chi connectivity index (χ2v) is 5.72. The minimum absolute atomic E-state index is 0.142. The monoisotopic (exact) mass is 265 g/mol. The van der Waals surface area contributed by atoms with Crippen LogP contribution in [0, 0.1) is 12.8 Å². The number of aryl methyl sites for hydroxylation is 1. The van der Waals surface area contributed by atoms with E-state index in [1.165, 1.54) is 19.3 Å². The second kappa shape index (κ2) is 6.19. The van der Waals surface area contributed by atoms with Crippen LogP contribution in [-0.2, 0) is 0 Å². The summed E-state index contributed by atoms with van der Waals surface area (Å²) in [6.07, 6.45) is 4.67. The third kappa shape index (κ3) is 3.80. The standard InChI is InChI=1S/C14H23N3O2/c1-10-8-13(19-16-10)14(18)15-12-7-5-4-6-11(12)9-17(2)3/h8,11-12H,4-7,9H2,1-3H3,(H,15,18). The zero-order valence-corrected chi connectivity index (χ0v) is 12.0. The van der Waals surface area contributed by atoms with Crippen molar-refractivity contribution < 1.29 is 9.32 Å². The maximum Gasteiger partial charge on any atom is 0.290 e. The summed E-state index contributed by atoms with van der Waals surface area (Å²) in [6.45, 7) is 2.83. The van der Waals surface area contributed by atoms with Gasteiger partial charge in [-0.05, 0) is 39.8 Å². The summed E-state index contributed by atoms with van der Waals surface area (Å²) in [5.41, 5.74) is 0.735. The lowest BCUT2D eigenvalue weighted by Gasteiger charge is -2.33. The lowest BCUT2D eigenvalue weighted by atomic mass is 9.84. The van der Waals surface area contributed by atoms with Crippen LogP contribution >= 0.6 is 0 Å². The minimum Gasteiger partial charge on any atom is -0.351 e. The van der Waals surface area contributed by atoms with Crippen molar-refractivity contribution in [3.63, 3.8) is 0 Å². The zero-order chi connectivity index (χ0) is 13.8. The molecule has 2 rings (SSSR count). The Morgan fingerprint density at radius 1 is 1.47 bits per heavy atom. The van der Waals surface area contributed by atoms with Gasteiger partial charge in [-0.15, -0.1) is 0 Å². The van der Waals surface area contributed by atoms with E-state index in [0.717, 1.165) is 18.7 Å². The van der Waals surface area contributed by atoms with Crippen LogP contribution in [0.25, 0.3) is 0 Å². The van der Waals surface area contributed by atoms with Gasteiger partial charge in [-0.2, -0.15) is 0 Å². The lowest BCUT2D eigenvalue weighted by molar-refractivity contribution is 0.0858. The molecule has 1 saturated carbocycles. The average molecular weight is 265 g/mol. The lowest BCUT2D eigenvalue weighted by Crippen LogP contribution is -2.45. The van der Waals surface area contributed by atoms with Crippen molar-refractivity contribution in [1.82, 2.24) is 15.4 Å². The van der Waals surface area contributed by atoms with Crippen LogP contribution in [0.4, 0.5) is 0 Å². The van der Waals surface area contributed by atoms with Crippen LogP contribution in [0.1, 0.15) is 41.9 Å². The molecule has 1 amide bonds. The molecule has 0 aliphatic heterocycles. The fourth-order valence-electron chi connectivity index (χ4n) is 2.80. The number of hydrogen-bond acceptors (Lipinski definition) is 4. The van der Waals surface area contributed by atoms with Crippen molar-refractivity contribution in [2.45, 2.75) is 38.6 Å². The maximum atomic E-state index is 12.1. The Bertz CT molecular complexity index is 428. The Hall–Kier alpha value is -1.36. The summed E-state index contributed by atoms with van der Waals surface area (Å²) >= 11 is 0. The summed E-state index contributed by atoms with van der Waals surface area (Å²) in [4.78, 5) is 14.3. The molecule has 5 nitrogen and oxygen atoms in total. The molecule has 5 heteroatoms. The number of hydrogen-bond donors (Lipinski definition) is 1. The van der Waals surface area contributed by atoms with Crippen LogP contribution in [-0.4, -0.2) is 42.6 Å². The Morgan fingerprint density at radius 3 is 2.84 bits per heavy atom. The van der Waals surface area contributed by atoms with Crippen molar-refractivity contribution in [3.05, 3.63) is 17.5 Å². The second-order valence-electron chi connectivity index (χ2n) is 5.72. The Labute approximate surface area is 114 Å². The first kappa shape index (κ1) is 14.1. The van der Waals surface area contributed by atoms with E-state index in [-0.39, 0.29) is 11.9 Å². The van der Waals surface area contributed by atoms with Crippen molar-refractivity contribution in [1.29, 1.82) is 0 Å². The highest BCUT2D eigenvalue weighted by Crippen LogP contribution is 2.25. The average Bonchev–Trinajstić information content (AvgIpc) is 2.78. The van der Waals surface area contributed by atoms with E-state index in [4.69, 9.17) is 4.52 Å². The first-order chi connectivity index (χ1) is 9.06. The molecule has 1 aromatic rings. The number of nitrogens with one attached hydrogen (secondary N) is 1. The number of carbonyl (C=O) groups excluding carboxylic acids is 1. The van der Waals surface area contributed by atoms with Crippen LogP contribution in [0.3, 0.4) is 0 Å². The normalized spacial score (nSPS) is 23.6. The van der Waals surface area contributed by atoms with Gasteiger partial charge in [0, 0.05) is 18.7 Å². The Balaban J connectivity index is 1.97. The summed E-state index contributed by atoms with van der Waals surface area (Å²) in [5.74, 6) is 0.694. The molecular weight excluding hydrogens is 242 g/mol. The van der Waals surface area contributed by atoms with Crippen LogP contribution < -0.4 is 5.32 Å². The fraction of sp³-hybridized carbons (Fsp3) is 0.714. The highest BCUT2D eigenvalue weighted by Gasteiger charge is 2.28. The Kier molecular flexibility index (Phi) is 4.58. The van der Waals surface area contributed by atoms with Gasteiger partial charge < -0.3 is 14.7 Å². The number of aromatic nitrogens is 1. The molecule has 1 N–H and O–H groups in total. The van der Waals surface area contributed by atoms with Crippen LogP contribution in [0.2, 0.25) is 0 Å². The van der Waals surface area contributed by atoms with Crippen LogP contribution in [0.15, 0.2) is 10.6 Å². The first-order valence-corrected chi connectivity index (χ1v) is 6.95. The van der Waals surface area contributed by atoms with Gasteiger partial charge in [-0.1, -0.05) is 18.0 Å². The smallest absolute Gasteiger partial charge is 0.290 e. The summed E-state index contributed by atoms with van der Waals surface area (Å²) in [7, 11) is 4.15. The van der Waals surface area contributed by atoms with Crippen LogP contribution in [0.5, 0.6) is 0 Å². The summed E-state index contributed by atoms with van der Waals surface area (Å²) < 4.78 is 5.01. The molecule has 0 saturated heterocycles. The molecule has 19 heavy (non-hydrogen) atoms. The number of carbonyl (C=O) groups is 1. The molecular formula is C14H23N3O2. The first-order valence-electron chi connectivity index (χ1n) is 6.95. The van der Waals surface area contributed by atoms with Crippen molar-refractivity contribution >= 4 is 5.91 Å². The minimum atomic E-state index is -0.142. The molecule has 2 atom stereocenters. The Morgan fingerprint density at radius 2 is 2.21 bits per heavy atom. The molecule has 1 heterocycles. The third-order valence-corrected chi connectivity index (χ3v) is 3.68. The van der Waals surface area contributed by atoms with E-state index in [2.05, 4.69) is 29.5 Å². The molecule has 2 unspecified atom stereocenters. The predicted molar refractivity (Wildman–Crippen MR) is 73.0 cm³/mol. The topological polar surface area (TPSA) is 58.4 Å². The molecule has 1 aliphatic carbocycles. The zero-order valence-electron chi connectivity index (χ0n) is 12.0. The van der Waals surface area contributed by atoms with E-state index >= 15 is 0 Å². The van der Waals surface area contributed by atoms with Gasteiger partial charge in [-0.25, -0.2) is 0 Å². The highest BCUT2D eigenvalue weighted by atomic mass is 16.5. The van der Waals surface area contributed by atoms with Gasteiger partial charge in [0.2, 0.25) is 5.76 Å². The number of nitrogens with zero attached hydrogens (tertiary/aromatic N) is 2. The quantitative estimate of drug-likeness (QED) is 0.902. The van der Waals surface area contributed by atoms with E-state index in [1.807, 2.05) is 6.92 Å². The van der Waals surface area contributed by atoms with Gasteiger partial charge in [0.15, 0.2) is 0 Å².